The van der Waals surface area contributed by atoms with Crippen LogP contribution in [0.1, 0.15) is 18.1 Å². The van der Waals surface area contributed by atoms with Crippen molar-refractivity contribution < 1.29 is 19.7 Å². The summed E-state index contributed by atoms with van der Waals surface area (Å²) in [5.41, 5.74) is 1.37. The van der Waals surface area contributed by atoms with Gasteiger partial charge in [-0.25, -0.2) is 0 Å². The fraction of sp³-hybridized carbons (Fsp3) is 0.250. The minimum Gasteiger partial charge on any atom is -0.493 e. The molecule has 0 aliphatic heterocycles. The summed E-state index contributed by atoms with van der Waals surface area (Å²) in [6.07, 6.45) is 0. The lowest BCUT2D eigenvalue weighted by atomic mass is 10.1. The van der Waals surface area contributed by atoms with Crippen LogP contribution in [-0.4, -0.2) is 17.3 Å². The van der Waals surface area contributed by atoms with Crippen molar-refractivity contribution >= 4 is 0 Å². The van der Waals surface area contributed by atoms with Gasteiger partial charge in [-0.3, -0.25) is 0 Å². The molecule has 2 aromatic rings. The zero-order valence-electron chi connectivity index (χ0n) is 11.5. The van der Waals surface area contributed by atoms with Gasteiger partial charge in [0.05, 0.1) is 7.11 Å². The first-order valence-electron chi connectivity index (χ1n) is 6.30. The number of hydrogen-bond acceptors (Lipinski definition) is 4. The molecule has 0 fully saturated rings. The van der Waals surface area contributed by atoms with E-state index in [9.17, 15) is 10.2 Å². The van der Waals surface area contributed by atoms with E-state index in [1.807, 2.05) is 30.3 Å². The molecule has 0 heterocycles. The minimum absolute atomic E-state index is 0.348. The van der Waals surface area contributed by atoms with Gasteiger partial charge in [-0.2, -0.15) is 0 Å². The molecule has 2 N–H and O–H groups in total. The minimum atomic E-state index is -1.91. The van der Waals surface area contributed by atoms with E-state index in [2.05, 4.69) is 0 Å². The predicted molar refractivity (Wildman–Crippen MR) is 75.6 cm³/mol. The molecule has 106 valence electrons. The molecule has 0 spiro atoms. The lowest BCUT2D eigenvalue weighted by Gasteiger charge is -2.19. The molecule has 0 atom stereocenters. The summed E-state index contributed by atoms with van der Waals surface area (Å²) in [6, 6.07) is 14.5. The van der Waals surface area contributed by atoms with E-state index in [0.29, 0.717) is 23.7 Å². The van der Waals surface area contributed by atoms with Gasteiger partial charge < -0.3 is 19.7 Å². The monoisotopic (exact) mass is 274 g/mol. The summed E-state index contributed by atoms with van der Waals surface area (Å²) in [6.45, 7) is 1.68. The van der Waals surface area contributed by atoms with E-state index < -0.39 is 5.79 Å². The van der Waals surface area contributed by atoms with E-state index in [0.717, 1.165) is 5.56 Å². The first-order valence-corrected chi connectivity index (χ1v) is 6.30. The highest BCUT2D eigenvalue weighted by atomic mass is 16.5. The number of ether oxygens (including phenoxy) is 2. The second-order valence-electron chi connectivity index (χ2n) is 4.66. The summed E-state index contributed by atoms with van der Waals surface area (Å²) >= 11 is 0. The maximum Gasteiger partial charge on any atom is 0.186 e. The quantitative estimate of drug-likeness (QED) is 0.822. The predicted octanol–water partition coefficient (Wildman–Crippen LogP) is 2.43. The Kier molecular flexibility index (Phi) is 4.27. The van der Waals surface area contributed by atoms with Crippen LogP contribution in [0.25, 0.3) is 0 Å². The van der Waals surface area contributed by atoms with Gasteiger partial charge in [0.15, 0.2) is 17.3 Å². The molecule has 2 rings (SSSR count). The second kappa shape index (κ2) is 5.94. The summed E-state index contributed by atoms with van der Waals surface area (Å²) in [5, 5.41) is 19.2. The first-order chi connectivity index (χ1) is 9.50. The van der Waals surface area contributed by atoms with Gasteiger partial charge in [-0.15, -0.1) is 0 Å². The average Bonchev–Trinajstić information content (AvgIpc) is 2.45. The molecular formula is C16H18O4. The van der Waals surface area contributed by atoms with Crippen LogP contribution in [0, 0.1) is 0 Å². The van der Waals surface area contributed by atoms with E-state index in [1.54, 1.807) is 25.3 Å². The summed E-state index contributed by atoms with van der Waals surface area (Å²) < 4.78 is 10.9. The van der Waals surface area contributed by atoms with Crippen LogP contribution < -0.4 is 9.47 Å². The Balaban J connectivity index is 2.21. The third kappa shape index (κ3) is 3.50. The highest BCUT2D eigenvalue weighted by Crippen LogP contribution is 2.32. The first kappa shape index (κ1) is 14.4. The molecule has 4 heteroatoms. The smallest absolute Gasteiger partial charge is 0.186 e. The molecule has 2 aromatic carbocycles. The topological polar surface area (TPSA) is 58.9 Å². The van der Waals surface area contributed by atoms with Crippen molar-refractivity contribution in [3.8, 4) is 11.5 Å². The molecule has 0 unspecified atom stereocenters. The standard InChI is InChI=1S/C16H18O4/c1-16(17,18)13-8-9-14(19-2)15(10-13)20-11-12-6-4-3-5-7-12/h3-10,17-18H,11H2,1-2H3. The van der Waals surface area contributed by atoms with Crippen molar-refractivity contribution in [1.29, 1.82) is 0 Å². The number of methoxy groups -OCH3 is 1. The molecule has 20 heavy (non-hydrogen) atoms. The van der Waals surface area contributed by atoms with Crippen LogP contribution in [-0.2, 0) is 12.4 Å². The Hall–Kier alpha value is -2.04. The molecule has 4 nitrogen and oxygen atoms in total. The molecular weight excluding hydrogens is 256 g/mol. The van der Waals surface area contributed by atoms with Crippen LogP contribution in [0.2, 0.25) is 0 Å². The van der Waals surface area contributed by atoms with Crippen LogP contribution in [0.15, 0.2) is 48.5 Å². The van der Waals surface area contributed by atoms with E-state index in [4.69, 9.17) is 9.47 Å². The van der Waals surface area contributed by atoms with Gasteiger partial charge in [0.2, 0.25) is 0 Å². The maximum absolute atomic E-state index is 9.62. The zero-order valence-corrected chi connectivity index (χ0v) is 11.5. The van der Waals surface area contributed by atoms with Crippen molar-refractivity contribution in [3.63, 3.8) is 0 Å². The SMILES string of the molecule is COc1ccc(C(C)(O)O)cc1OCc1ccccc1. The van der Waals surface area contributed by atoms with Crippen LogP contribution >= 0.6 is 0 Å². The molecule has 0 saturated heterocycles. The van der Waals surface area contributed by atoms with Gasteiger partial charge in [0.25, 0.3) is 0 Å². The van der Waals surface area contributed by atoms with Gasteiger partial charge in [-0.05, 0) is 30.7 Å². The second-order valence-corrected chi connectivity index (χ2v) is 4.66. The molecule has 0 saturated carbocycles. The average molecular weight is 274 g/mol. The Morgan fingerprint density at radius 2 is 1.70 bits per heavy atom. The van der Waals surface area contributed by atoms with Gasteiger partial charge in [-0.1, -0.05) is 30.3 Å². The molecule has 0 aliphatic carbocycles. The zero-order chi connectivity index (χ0) is 14.6. The number of benzene rings is 2. The fourth-order valence-electron chi connectivity index (χ4n) is 1.82. The largest absolute Gasteiger partial charge is 0.493 e. The summed E-state index contributed by atoms with van der Waals surface area (Å²) in [4.78, 5) is 0. The Morgan fingerprint density at radius 3 is 2.30 bits per heavy atom. The van der Waals surface area contributed by atoms with Gasteiger partial charge >= 0.3 is 0 Å². The highest BCUT2D eigenvalue weighted by Gasteiger charge is 2.20. The number of hydrogen-bond donors (Lipinski definition) is 2. The van der Waals surface area contributed by atoms with Gasteiger partial charge in [0, 0.05) is 5.56 Å². The maximum atomic E-state index is 9.62. The van der Waals surface area contributed by atoms with Crippen molar-refractivity contribution in [2.45, 2.75) is 19.3 Å². The summed E-state index contributed by atoms with van der Waals surface area (Å²) in [7, 11) is 1.54. The molecule has 0 aliphatic rings. The molecule has 0 aromatic heterocycles. The molecule has 0 amide bonds. The summed E-state index contributed by atoms with van der Waals surface area (Å²) in [5.74, 6) is -0.881. The van der Waals surface area contributed by atoms with Crippen molar-refractivity contribution in [2.75, 3.05) is 7.11 Å². The number of aliphatic hydroxyl groups is 2. The van der Waals surface area contributed by atoms with Crippen molar-refractivity contribution in [1.82, 2.24) is 0 Å². The Bertz CT molecular complexity index is 558. The third-order valence-corrected chi connectivity index (χ3v) is 2.95. The number of rotatable bonds is 5. The Labute approximate surface area is 118 Å². The lowest BCUT2D eigenvalue weighted by Crippen LogP contribution is -2.19. The van der Waals surface area contributed by atoms with E-state index in [1.165, 1.54) is 6.92 Å². The van der Waals surface area contributed by atoms with E-state index >= 15 is 0 Å². The van der Waals surface area contributed by atoms with Crippen LogP contribution in [0.5, 0.6) is 11.5 Å². The van der Waals surface area contributed by atoms with Crippen molar-refractivity contribution in [2.24, 2.45) is 0 Å². The lowest BCUT2D eigenvalue weighted by molar-refractivity contribution is -0.152. The van der Waals surface area contributed by atoms with Gasteiger partial charge in [0.1, 0.15) is 6.61 Å². The third-order valence-electron chi connectivity index (χ3n) is 2.95. The van der Waals surface area contributed by atoms with Crippen LogP contribution in [0.3, 0.4) is 0 Å². The molecule has 0 radical (unpaired) electrons. The molecule has 0 bridgehead atoms. The van der Waals surface area contributed by atoms with E-state index in [-0.39, 0.29) is 0 Å². The normalized spacial score (nSPS) is 11.2. The van der Waals surface area contributed by atoms with Crippen LogP contribution in [0.4, 0.5) is 0 Å². The van der Waals surface area contributed by atoms with Crippen molar-refractivity contribution in [3.05, 3.63) is 59.7 Å². The fourth-order valence-corrected chi connectivity index (χ4v) is 1.82. The highest BCUT2D eigenvalue weighted by molar-refractivity contribution is 5.44. The Morgan fingerprint density at radius 1 is 1.00 bits per heavy atom.